The Hall–Kier alpha value is -0.830. The molecular formula is C6H10ClN3. The monoisotopic (exact) mass is 159 g/mol. The molecule has 0 saturated heterocycles. The average molecular weight is 160 g/mol. The van der Waals surface area contributed by atoms with Crippen LogP contribution in [0.25, 0.3) is 0 Å². The van der Waals surface area contributed by atoms with Crippen LogP contribution in [-0.4, -0.2) is 12.1 Å². The van der Waals surface area contributed by atoms with E-state index in [-0.39, 0.29) is 5.84 Å². The minimum absolute atomic E-state index is 0.0948. The molecule has 0 aromatic carbocycles. The molecule has 0 aliphatic heterocycles. The van der Waals surface area contributed by atoms with E-state index >= 15 is 0 Å². The molecule has 0 aromatic rings. The fourth-order valence-corrected chi connectivity index (χ4v) is 0.555. The second kappa shape index (κ2) is 4.99. The molecule has 0 aliphatic rings. The van der Waals surface area contributed by atoms with Crippen molar-refractivity contribution in [3.63, 3.8) is 0 Å². The summed E-state index contributed by atoms with van der Waals surface area (Å²) in [4.78, 5) is 3.67. The second-order valence-electron chi connectivity index (χ2n) is 1.65. The molecule has 0 atom stereocenters. The zero-order valence-electron chi connectivity index (χ0n) is 5.76. The van der Waals surface area contributed by atoms with E-state index < -0.39 is 0 Å². The molecule has 0 radical (unpaired) electrons. The molecular weight excluding hydrogens is 150 g/mol. The van der Waals surface area contributed by atoms with E-state index in [1.54, 1.807) is 6.08 Å². The Kier molecular flexibility index (Phi) is 4.58. The van der Waals surface area contributed by atoms with Crippen molar-refractivity contribution in [2.24, 2.45) is 10.7 Å². The third-order valence-corrected chi connectivity index (χ3v) is 0.951. The van der Waals surface area contributed by atoms with E-state index in [4.69, 9.17) is 22.7 Å². The summed E-state index contributed by atoms with van der Waals surface area (Å²) in [5.41, 5.74) is 4.99. The Morgan fingerprint density at radius 2 is 2.40 bits per heavy atom. The Morgan fingerprint density at radius 3 is 2.80 bits per heavy atom. The van der Waals surface area contributed by atoms with Gasteiger partial charge in [-0.1, -0.05) is 18.5 Å². The van der Waals surface area contributed by atoms with Crippen molar-refractivity contribution in [3.05, 3.63) is 11.2 Å². The maximum atomic E-state index is 6.76. The molecule has 0 heterocycles. The summed E-state index contributed by atoms with van der Waals surface area (Å²) in [5.74, 6) is -0.0948. The van der Waals surface area contributed by atoms with Crippen LogP contribution in [0.5, 0.6) is 0 Å². The fraction of sp³-hybridized carbons (Fsp3) is 0.333. The van der Waals surface area contributed by atoms with Gasteiger partial charge in [-0.2, -0.15) is 0 Å². The number of halogens is 1. The van der Waals surface area contributed by atoms with E-state index in [1.807, 2.05) is 6.92 Å². The van der Waals surface area contributed by atoms with Crippen LogP contribution in [0, 0.1) is 5.41 Å². The number of nitrogens with two attached hydrogens (primary N) is 1. The first-order valence-electron chi connectivity index (χ1n) is 2.90. The van der Waals surface area contributed by atoms with Crippen molar-refractivity contribution in [2.45, 2.75) is 13.3 Å². The minimum atomic E-state index is -0.0948. The first-order chi connectivity index (χ1) is 4.66. The zero-order valence-corrected chi connectivity index (χ0v) is 6.52. The zero-order chi connectivity index (χ0) is 7.98. The Bertz CT molecular complexity index is 172. The van der Waals surface area contributed by atoms with Crippen LogP contribution in [0.1, 0.15) is 13.3 Å². The van der Waals surface area contributed by atoms with Crippen LogP contribution < -0.4 is 5.73 Å². The molecule has 3 nitrogen and oxygen atoms in total. The third kappa shape index (κ3) is 5.31. The number of hydrogen-bond donors (Lipinski definition) is 2. The van der Waals surface area contributed by atoms with E-state index in [1.165, 1.54) is 6.21 Å². The number of nitrogens with zero attached hydrogens (tertiary/aromatic N) is 1. The van der Waals surface area contributed by atoms with E-state index in [2.05, 4.69) is 4.99 Å². The quantitative estimate of drug-likeness (QED) is 0.366. The maximum Gasteiger partial charge on any atom is 0.134 e. The number of allylic oxidation sites excluding steroid dienone is 1. The van der Waals surface area contributed by atoms with Crippen molar-refractivity contribution in [1.82, 2.24) is 0 Å². The molecule has 3 N–H and O–H groups in total. The van der Waals surface area contributed by atoms with Gasteiger partial charge in [0.15, 0.2) is 0 Å². The molecule has 0 amide bonds. The van der Waals surface area contributed by atoms with Gasteiger partial charge < -0.3 is 5.73 Å². The minimum Gasteiger partial charge on any atom is -0.383 e. The van der Waals surface area contributed by atoms with Gasteiger partial charge in [0.1, 0.15) is 11.0 Å². The van der Waals surface area contributed by atoms with Crippen LogP contribution in [0.15, 0.2) is 16.2 Å². The lowest BCUT2D eigenvalue weighted by Gasteiger charge is -1.86. The van der Waals surface area contributed by atoms with Gasteiger partial charge >= 0.3 is 0 Å². The van der Waals surface area contributed by atoms with Gasteiger partial charge in [-0.15, -0.1) is 0 Å². The first kappa shape index (κ1) is 9.17. The SMILES string of the molecule is CC/C=C(Cl)\N=C/C(=N)N. The molecule has 0 unspecified atom stereocenters. The molecule has 0 fully saturated rings. The summed E-state index contributed by atoms with van der Waals surface area (Å²) in [6.07, 6.45) is 3.77. The summed E-state index contributed by atoms with van der Waals surface area (Å²) < 4.78 is 0. The molecule has 0 saturated carbocycles. The molecule has 56 valence electrons. The lowest BCUT2D eigenvalue weighted by atomic mass is 10.5. The van der Waals surface area contributed by atoms with Crippen molar-refractivity contribution < 1.29 is 0 Å². The number of rotatable bonds is 3. The maximum absolute atomic E-state index is 6.76. The predicted octanol–water partition coefficient (Wildman–Crippen LogP) is 1.48. The van der Waals surface area contributed by atoms with E-state index in [0.29, 0.717) is 5.16 Å². The third-order valence-electron chi connectivity index (χ3n) is 0.700. The van der Waals surface area contributed by atoms with Crippen molar-refractivity contribution in [3.8, 4) is 0 Å². The fourth-order valence-electron chi connectivity index (χ4n) is 0.352. The van der Waals surface area contributed by atoms with Gasteiger partial charge in [0.05, 0.1) is 6.21 Å². The van der Waals surface area contributed by atoms with Gasteiger partial charge in [-0.25, -0.2) is 4.99 Å². The van der Waals surface area contributed by atoms with Crippen molar-refractivity contribution >= 4 is 23.7 Å². The highest BCUT2D eigenvalue weighted by molar-refractivity contribution is 6.33. The topological polar surface area (TPSA) is 62.2 Å². The highest BCUT2D eigenvalue weighted by Crippen LogP contribution is 2.02. The number of hydrogen-bond acceptors (Lipinski definition) is 2. The van der Waals surface area contributed by atoms with Gasteiger partial charge in [0, 0.05) is 0 Å². The van der Waals surface area contributed by atoms with Crippen LogP contribution >= 0.6 is 11.6 Å². The summed E-state index contributed by atoms with van der Waals surface area (Å²) in [5, 5.41) is 7.14. The summed E-state index contributed by atoms with van der Waals surface area (Å²) >= 11 is 5.54. The lowest BCUT2D eigenvalue weighted by molar-refractivity contribution is 1.20. The Balaban J connectivity index is 3.89. The largest absolute Gasteiger partial charge is 0.383 e. The second-order valence-corrected chi connectivity index (χ2v) is 2.04. The van der Waals surface area contributed by atoms with Gasteiger partial charge in [0.2, 0.25) is 0 Å². The standard InChI is InChI=1S/C6H10ClN3/c1-2-3-5(7)10-4-6(8)9/h3-4H,2H2,1H3,(H3,8,9)/b5-3-,10-4-. The molecule has 0 rings (SSSR count). The van der Waals surface area contributed by atoms with Crippen molar-refractivity contribution in [1.29, 1.82) is 5.41 Å². The first-order valence-corrected chi connectivity index (χ1v) is 3.28. The normalized spacial score (nSPS) is 12.4. The van der Waals surface area contributed by atoms with Crippen LogP contribution in [0.2, 0.25) is 0 Å². The predicted molar refractivity (Wildman–Crippen MR) is 44.6 cm³/mol. The van der Waals surface area contributed by atoms with E-state index in [9.17, 15) is 0 Å². The van der Waals surface area contributed by atoms with Crippen LogP contribution in [0.3, 0.4) is 0 Å². The van der Waals surface area contributed by atoms with Crippen LogP contribution in [0.4, 0.5) is 0 Å². The lowest BCUT2D eigenvalue weighted by Crippen LogP contribution is -2.10. The van der Waals surface area contributed by atoms with E-state index in [0.717, 1.165) is 6.42 Å². The number of aliphatic imine (C=N–C) groups is 1. The molecule has 4 heteroatoms. The van der Waals surface area contributed by atoms with Gasteiger partial charge in [0.25, 0.3) is 0 Å². The summed E-state index contributed by atoms with van der Waals surface area (Å²) in [6, 6.07) is 0. The molecule has 10 heavy (non-hydrogen) atoms. The average Bonchev–Trinajstić information content (AvgIpc) is 1.85. The highest BCUT2D eigenvalue weighted by Gasteiger charge is 1.83. The summed E-state index contributed by atoms with van der Waals surface area (Å²) in [6.45, 7) is 1.95. The van der Waals surface area contributed by atoms with Crippen molar-refractivity contribution in [2.75, 3.05) is 0 Å². The highest BCUT2D eigenvalue weighted by atomic mass is 35.5. The number of nitrogens with one attached hydrogen (secondary N) is 1. The molecule has 0 aromatic heterocycles. The van der Waals surface area contributed by atoms with Gasteiger partial charge in [-0.3, -0.25) is 5.41 Å². The molecule has 0 bridgehead atoms. The Labute approximate surface area is 65.1 Å². The van der Waals surface area contributed by atoms with Crippen LogP contribution in [-0.2, 0) is 0 Å². The van der Waals surface area contributed by atoms with Gasteiger partial charge in [-0.05, 0) is 12.5 Å². The molecule has 0 aliphatic carbocycles. The summed E-state index contributed by atoms with van der Waals surface area (Å²) in [7, 11) is 0. The molecule has 0 spiro atoms. The smallest absolute Gasteiger partial charge is 0.134 e. The number of amidine groups is 1. The Morgan fingerprint density at radius 1 is 1.80 bits per heavy atom.